The van der Waals surface area contributed by atoms with E-state index in [4.69, 9.17) is 37.4 Å². The summed E-state index contributed by atoms with van der Waals surface area (Å²) in [6.07, 6.45) is -0.444. The first-order valence-electron chi connectivity index (χ1n) is 10.8. The summed E-state index contributed by atoms with van der Waals surface area (Å²) in [4.78, 5) is 17.2. The van der Waals surface area contributed by atoms with Crippen LogP contribution >= 0.6 is 23.2 Å². The Hall–Kier alpha value is -1.66. The molecule has 2 rings (SSSR count). The molecule has 0 heterocycles. The summed E-state index contributed by atoms with van der Waals surface area (Å²) in [7, 11) is -2.22. The molecule has 0 aliphatic heterocycles. The number of hydrogen-bond acceptors (Lipinski definition) is 4. The van der Waals surface area contributed by atoms with E-state index in [9.17, 15) is 4.79 Å². The number of carbonyl (C=O) groups is 1. The minimum atomic E-state index is -2.22. The van der Waals surface area contributed by atoms with E-state index in [0.717, 1.165) is 11.1 Å². The molecular formula is C25H33Cl2NO3Si. The minimum Gasteiger partial charge on any atom is -0.462 e. The molecule has 0 spiro atoms. The van der Waals surface area contributed by atoms with Gasteiger partial charge in [-0.1, -0.05) is 68.2 Å². The molecule has 2 atom stereocenters. The summed E-state index contributed by atoms with van der Waals surface area (Å²) in [5, 5.41) is 1.23. The molecule has 2 aromatic carbocycles. The topological polar surface area (TPSA) is 47.9 Å². The average Bonchev–Trinajstić information content (AvgIpc) is 2.70. The van der Waals surface area contributed by atoms with Gasteiger partial charge in [0, 0.05) is 10.0 Å². The number of nitrogens with zero attached hydrogens (tertiary/aromatic N) is 1. The van der Waals surface area contributed by atoms with Gasteiger partial charge in [0.2, 0.25) is 0 Å². The van der Waals surface area contributed by atoms with Crippen molar-refractivity contribution in [1.29, 1.82) is 0 Å². The molecule has 0 saturated carbocycles. The van der Waals surface area contributed by atoms with Gasteiger partial charge in [0.1, 0.15) is 11.8 Å². The molecule has 2 aromatic rings. The summed E-state index contributed by atoms with van der Waals surface area (Å²) in [6, 6.07) is 14.6. The van der Waals surface area contributed by atoms with Crippen molar-refractivity contribution in [3.63, 3.8) is 0 Å². The lowest BCUT2D eigenvalue weighted by Crippen LogP contribution is -2.42. The third-order valence-electron chi connectivity index (χ3n) is 5.81. The molecule has 0 radical (unpaired) electrons. The van der Waals surface area contributed by atoms with E-state index in [1.807, 2.05) is 48.5 Å². The fourth-order valence-electron chi connectivity index (χ4n) is 2.97. The molecule has 7 heteroatoms. The zero-order valence-electron chi connectivity index (χ0n) is 19.9. The Morgan fingerprint density at radius 1 is 1.03 bits per heavy atom. The molecule has 0 fully saturated rings. The maximum atomic E-state index is 12.4. The lowest BCUT2D eigenvalue weighted by molar-refractivity contribution is -0.135. The van der Waals surface area contributed by atoms with Crippen molar-refractivity contribution in [2.75, 3.05) is 6.61 Å². The number of ether oxygens (including phenoxy) is 1. The minimum absolute atomic E-state index is 0.0196. The van der Waals surface area contributed by atoms with E-state index in [2.05, 4.69) is 33.9 Å². The second-order valence-electron chi connectivity index (χ2n) is 9.29. The van der Waals surface area contributed by atoms with Gasteiger partial charge >= 0.3 is 5.97 Å². The quantitative estimate of drug-likeness (QED) is 0.214. The van der Waals surface area contributed by atoms with Crippen LogP contribution < -0.4 is 0 Å². The number of carbonyl (C=O) groups excluding carboxylic acids is 1. The molecule has 0 aromatic heterocycles. The van der Waals surface area contributed by atoms with Gasteiger partial charge < -0.3 is 9.16 Å². The van der Waals surface area contributed by atoms with E-state index in [-0.39, 0.29) is 17.4 Å². The monoisotopic (exact) mass is 493 g/mol. The molecule has 0 saturated heterocycles. The van der Waals surface area contributed by atoms with Crippen molar-refractivity contribution in [2.45, 2.75) is 64.9 Å². The predicted molar refractivity (Wildman–Crippen MR) is 136 cm³/mol. The molecule has 0 aliphatic rings. The highest BCUT2D eigenvalue weighted by molar-refractivity contribution is 6.74. The summed E-state index contributed by atoms with van der Waals surface area (Å²) in [5.41, 5.74) is 2.09. The van der Waals surface area contributed by atoms with E-state index in [0.29, 0.717) is 10.0 Å². The maximum absolute atomic E-state index is 12.4. The highest BCUT2D eigenvalue weighted by atomic mass is 35.5. The van der Waals surface area contributed by atoms with Gasteiger partial charge in [-0.05, 0) is 67.4 Å². The summed E-state index contributed by atoms with van der Waals surface area (Å²) < 4.78 is 12.1. The van der Waals surface area contributed by atoms with Crippen LogP contribution in [0.3, 0.4) is 0 Å². The Kier molecular flexibility index (Phi) is 9.12. The third-order valence-corrected chi connectivity index (χ3v) is 10.7. The Morgan fingerprint density at radius 2 is 1.66 bits per heavy atom. The normalized spacial score (nSPS) is 14.7. The van der Waals surface area contributed by atoms with Crippen LogP contribution in [0.5, 0.6) is 0 Å². The van der Waals surface area contributed by atoms with Gasteiger partial charge in [-0.3, -0.25) is 4.99 Å². The van der Waals surface area contributed by atoms with Crippen LogP contribution in [0.2, 0.25) is 28.2 Å². The highest BCUT2D eigenvalue weighted by Gasteiger charge is 2.41. The fraction of sp³-hybridized carbons (Fsp3) is 0.440. The van der Waals surface area contributed by atoms with Crippen molar-refractivity contribution in [1.82, 2.24) is 0 Å². The Bertz CT molecular complexity index is 952. The Balaban J connectivity index is 2.68. The number of aliphatic imine (C=N–C) groups is 1. The van der Waals surface area contributed by atoms with Crippen LogP contribution in [0.1, 0.15) is 57.9 Å². The van der Waals surface area contributed by atoms with E-state index in [1.54, 1.807) is 13.8 Å². The number of rotatable bonds is 8. The van der Waals surface area contributed by atoms with Crippen molar-refractivity contribution in [3.8, 4) is 0 Å². The average molecular weight is 495 g/mol. The zero-order valence-corrected chi connectivity index (χ0v) is 22.4. The first kappa shape index (κ1) is 26.6. The van der Waals surface area contributed by atoms with Gasteiger partial charge in [0.05, 0.1) is 12.7 Å². The number of benzene rings is 2. The van der Waals surface area contributed by atoms with Gasteiger partial charge in [-0.25, -0.2) is 4.79 Å². The third kappa shape index (κ3) is 6.92. The molecule has 32 heavy (non-hydrogen) atoms. The van der Waals surface area contributed by atoms with Crippen LogP contribution in [0.25, 0.3) is 0 Å². The van der Waals surface area contributed by atoms with Crippen LogP contribution in [0.15, 0.2) is 53.5 Å². The van der Waals surface area contributed by atoms with Gasteiger partial charge in [0.25, 0.3) is 0 Å². The van der Waals surface area contributed by atoms with Crippen molar-refractivity contribution < 1.29 is 14.0 Å². The first-order valence-corrected chi connectivity index (χ1v) is 14.4. The zero-order chi connectivity index (χ0) is 24.1. The largest absolute Gasteiger partial charge is 0.462 e. The Labute approximate surface area is 203 Å². The molecule has 0 unspecified atom stereocenters. The second-order valence-corrected chi connectivity index (χ2v) is 14.9. The predicted octanol–water partition coefficient (Wildman–Crippen LogP) is 7.82. The maximum Gasteiger partial charge on any atom is 0.351 e. The number of hydrogen-bond donors (Lipinski definition) is 0. The van der Waals surface area contributed by atoms with Crippen LogP contribution in [-0.4, -0.2) is 26.6 Å². The van der Waals surface area contributed by atoms with Gasteiger partial charge in [0.15, 0.2) is 8.32 Å². The Morgan fingerprint density at radius 3 is 2.19 bits per heavy atom. The molecular weight excluding hydrogens is 461 g/mol. The van der Waals surface area contributed by atoms with Gasteiger partial charge in [-0.2, -0.15) is 0 Å². The molecule has 174 valence electrons. The first-order chi connectivity index (χ1) is 14.9. The van der Waals surface area contributed by atoms with Crippen molar-refractivity contribution in [2.24, 2.45) is 4.99 Å². The SMILES string of the molecule is CCOC(=O)/C(C)=N/[C@H](c1ccc(Cl)cc1)[C@H](O[Si](C)(C)C(C)(C)C)c1cccc(Cl)c1. The lowest BCUT2D eigenvalue weighted by Gasteiger charge is -2.41. The fourth-order valence-corrected chi connectivity index (χ4v) is 4.54. The summed E-state index contributed by atoms with van der Waals surface area (Å²) >= 11 is 12.5. The molecule has 0 bridgehead atoms. The van der Waals surface area contributed by atoms with Crippen LogP contribution in [0.4, 0.5) is 0 Å². The standard InChI is InChI=1S/C25H33Cl2NO3Si/c1-8-30-24(29)17(2)28-22(18-12-14-20(26)15-13-18)23(19-10-9-11-21(27)16-19)31-32(6,7)25(3,4)5/h9-16,22-23H,8H2,1-7H3/b28-17+/t22-,23-/m1/s1. The van der Waals surface area contributed by atoms with Crippen LogP contribution in [-0.2, 0) is 14.0 Å². The van der Waals surface area contributed by atoms with Crippen LogP contribution in [0, 0.1) is 0 Å². The van der Waals surface area contributed by atoms with Crippen molar-refractivity contribution >= 4 is 43.2 Å². The number of halogens is 2. The molecule has 0 aliphatic carbocycles. The van der Waals surface area contributed by atoms with Crippen molar-refractivity contribution in [3.05, 3.63) is 69.7 Å². The summed E-state index contributed by atoms with van der Waals surface area (Å²) in [6.45, 7) is 14.7. The second kappa shape index (κ2) is 11.0. The lowest BCUT2D eigenvalue weighted by atomic mass is 9.96. The molecule has 0 N–H and O–H groups in total. The van der Waals surface area contributed by atoms with E-state index < -0.39 is 26.4 Å². The van der Waals surface area contributed by atoms with Gasteiger partial charge in [-0.15, -0.1) is 0 Å². The van der Waals surface area contributed by atoms with E-state index >= 15 is 0 Å². The number of esters is 1. The molecule has 4 nitrogen and oxygen atoms in total. The summed E-state index contributed by atoms with van der Waals surface area (Å²) in [5.74, 6) is -0.441. The smallest absolute Gasteiger partial charge is 0.351 e. The highest BCUT2D eigenvalue weighted by Crippen LogP contribution is 2.45. The van der Waals surface area contributed by atoms with E-state index in [1.165, 1.54) is 0 Å². The molecule has 0 amide bonds.